The second-order valence-corrected chi connectivity index (χ2v) is 7.07. The lowest BCUT2D eigenvalue weighted by atomic mass is 9.88. The summed E-state index contributed by atoms with van der Waals surface area (Å²) in [6, 6.07) is 9.31. The molecule has 0 amide bonds. The first-order chi connectivity index (χ1) is 9.23. The molecule has 0 unspecified atom stereocenters. The second-order valence-electron chi connectivity index (χ2n) is 5.71. The molecule has 1 N–H and O–H groups in total. The lowest BCUT2D eigenvalue weighted by molar-refractivity contribution is 0.482. The van der Waals surface area contributed by atoms with Gasteiger partial charge in [0.1, 0.15) is 4.90 Å². The average Bonchev–Trinajstić information content (AvgIpc) is 2.34. The van der Waals surface area contributed by atoms with Gasteiger partial charge in [-0.2, -0.15) is 8.42 Å². The van der Waals surface area contributed by atoms with Gasteiger partial charge in [-0.05, 0) is 28.3 Å². The predicted molar refractivity (Wildman–Crippen MR) is 81.9 cm³/mol. The van der Waals surface area contributed by atoms with E-state index < -0.39 is 10.1 Å². The highest BCUT2D eigenvalue weighted by atomic mass is 32.2. The van der Waals surface area contributed by atoms with Gasteiger partial charge in [-0.1, -0.05) is 58.0 Å². The van der Waals surface area contributed by atoms with Crippen LogP contribution in [0.2, 0.25) is 0 Å². The Morgan fingerprint density at radius 1 is 1.00 bits per heavy atom. The molecular formula is C16H20O3S. The summed E-state index contributed by atoms with van der Waals surface area (Å²) < 4.78 is 33.5. The maximum absolute atomic E-state index is 11.9. The van der Waals surface area contributed by atoms with Crippen LogP contribution in [0, 0.1) is 0 Å². The van der Waals surface area contributed by atoms with E-state index in [-0.39, 0.29) is 16.7 Å². The molecule has 108 valence electrons. The molecule has 0 saturated carbocycles. The molecule has 2 rings (SSSR count). The highest BCUT2D eigenvalue weighted by Crippen LogP contribution is 2.37. The van der Waals surface area contributed by atoms with Gasteiger partial charge in [0.15, 0.2) is 0 Å². The molecular weight excluding hydrogens is 272 g/mol. The highest BCUT2D eigenvalue weighted by molar-refractivity contribution is 7.86. The average molecular weight is 292 g/mol. The van der Waals surface area contributed by atoms with Gasteiger partial charge < -0.3 is 0 Å². The summed E-state index contributed by atoms with van der Waals surface area (Å²) in [6.45, 7) is 7.96. The minimum atomic E-state index is -4.26. The molecule has 0 atom stereocenters. The largest absolute Gasteiger partial charge is 0.295 e. The quantitative estimate of drug-likeness (QED) is 0.856. The monoisotopic (exact) mass is 292 g/mol. The smallest absolute Gasteiger partial charge is 0.282 e. The Morgan fingerprint density at radius 3 is 2.10 bits per heavy atom. The molecule has 0 bridgehead atoms. The van der Waals surface area contributed by atoms with Crippen molar-refractivity contribution in [3.63, 3.8) is 0 Å². The van der Waals surface area contributed by atoms with Crippen molar-refractivity contribution in [1.82, 2.24) is 0 Å². The molecule has 20 heavy (non-hydrogen) atoms. The summed E-state index contributed by atoms with van der Waals surface area (Å²) in [4.78, 5) is 0.0642. The molecule has 0 aliphatic rings. The molecule has 0 aliphatic heterocycles. The number of hydrogen-bond donors (Lipinski definition) is 1. The number of rotatable bonds is 3. The van der Waals surface area contributed by atoms with E-state index in [0.717, 1.165) is 16.5 Å². The molecule has 2 aromatic carbocycles. The normalized spacial score (nSPS) is 12.6. The first-order valence-electron chi connectivity index (χ1n) is 6.76. The minimum absolute atomic E-state index is 0.0222. The van der Waals surface area contributed by atoms with E-state index >= 15 is 0 Å². The van der Waals surface area contributed by atoms with E-state index in [2.05, 4.69) is 0 Å². The standard InChI is InChI=1S/C16H20O3S/c1-10(2)14-9-12-7-5-6-8-13(12)16(20(17,18)19)15(14)11(3)4/h5-11H,1-4H3,(H,17,18,19). The summed E-state index contributed by atoms with van der Waals surface area (Å²) in [5, 5.41) is 1.43. The van der Waals surface area contributed by atoms with Gasteiger partial charge in [-0.25, -0.2) is 0 Å². The van der Waals surface area contributed by atoms with Crippen LogP contribution in [-0.2, 0) is 10.1 Å². The minimum Gasteiger partial charge on any atom is -0.282 e. The van der Waals surface area contributed by atoms with Crippen molar-refractivity contribution in [3.8, 4) is 0 Å². The lowest BCUT2D eigenvalue weighted by Gasteiger charge is -2.21. The Balaban J connectivity index is 3.06. The second kappa shape index (κ2) is 5.19. The fourth-order valence-corrected chi connectivity index (χ4v) is 3.80. The highest BCUT2D eigenvalue weighted by Gasteiger charge is 2.25. The Bertz CT molecular complexity index is 744. The van der Waals surface area contributed by atoms with Crippen LogP contribution in [0.4, 0.5) is 0 Å². The van der Waals surface area contributed by atoms with Crippen molar-refractivity contribution in [2.75, 3.05) is 0 Å². The predicted octanol–water partition coefficient (Wildman–Crippen LogP) is 4.33. The molecule has 0 spiro atoms. The molecule has 3 nitrogen and oxygen atoms in total. The van der Waals surface area contributed by atoms with Crippen molar-refractivity contribution in [3.05, 3.63) is 41.5 Å². The van der Waals surface area contributed by atoms with Crippen molar-refractivity contribution in [2.24, 2.45) is 0 Å². The van der Waals surface area contributed by atoms with E-state index in [1.807, 2.05) is 45.9 Å². The SMILES string of the molecule is CC(C)c1cc2ccccc2c(S(=O)(=O)O)c1C(C)C. The summed E-state index contributed by atoms with van der Waals surface area (Å²) in [7, 11) is -4.26. The Hall–Kier alpha value is -1.39. The van der Waals surface area contributed by atoms with E-state index in [1.54, 1.807) is 12.1 Å². The summed E-state index contributed by atoms with van der Waals surface area (Å²) in [5.41, 5.74) is 1.70. The molecule has 0 fully saturated rings. The van der Waals surface area contributed by atoms with Crippen molar-refractivity contribution >= 4 is 20.9 Å². The number of hydrogen-bond acceptors (Lipinski definition) is 2. The van der Waals surface area contributed by atoms with Gasteiger partial charge in [-0.3, -0.25) is 4.55 Å². The van der Waals surface area contributed by atoms with Crippen molar-refractivity contribution < 1.29 is 13.0 Å². The molecule has 0 heterocycles. The maximum atomic E-state index is 11.9. The van der Waals surface area contributed by atoms with Gasteiger partial charge in [0.25, 0.3) is 10.1 Å². The lowest BCUT2D eigenvalue weighted by Crippen LogP contribution is -2.10. The number of fused-ring (bicyclic) bond motifs is 1. The first kappa shape index (κ1) is 15.0. The Kier molecular flexibility index (Phi) is 3.89. The maximum Gasteiger partial charge on any atom is 0.295 e. The molecule has 0 aliphatic carbocycles. The third-order valence-electron chi connectivity index (χ3n) is 3.53. The van der Waals surface area contributed by atoms with E-state index in [9.17, 15) is 13.0 Å². The van der Waals surface area contributed by atoms with Crippen LogP contribution in [0.3, 0.4) is 0 Å². The van der Waals surface area contributed by atoms with E-state index in [4.69, 9.17) is 0 Å². The van der Waals surface area contributed by atoms with Gasteiger partial charge in [0.05, 0.1) is 0 Å². The van der Waals surface area contributed by atoms with Crippen LogP contribution in [0.25, 0.3) is 10.8 Å². The fraction of sp³-hybridized carbons (Fsp3) is 0.375. The Labute approximate surface area is 120 Å². The Morgan fingerprint density at radius 2 is 1.60 bits per heavy atom. The molecule has 4 heteroatoms. The van der Waals surface area contributed by atoms with Gasteiger partial charge in [0.2, 0.25) is 0 Å². The zero-order valence-corrected chi connectivity index (χ0v) is 13.0. The first-order valence-corrected chi connectivity index (χ1v) is 8.20. The summed E-state index contributed by atoms with van der Waals surface area (Å²) in [6.07, 6.45) is 0. The molecule has 0 saturated heterocycles. The third-order valence-corrected chi connectivity index (χ3v) is 4.49. The van der Waals surface area contributed by atoms with Crippen molar-refractivity contribution in [1.29, 1.82) is 0 Å². The summed E-state index contributed by atoms with van der Waals surface area (Å²) in [5.74, 6) is 0.214. The fourth-order valence-electron chi connectivity index (χ4n) is 2.70. The summed E-state index contributed by atoms with van der Waals surface area (Å²) >= 11 is 0. The van der Waals surface area contributed by atoms with Crippen LogP contribution in [0.15, 0.2) is 35.2 Å². The van der Waals surface area contributed by atoms with Gasteiger partial charge >= 0.3 is 0 Å². The molecule has 0 radical (unpaired) electrons. The molecule has 2 aromatic rings. The van der Waals surface area contributed by atoms with E-state index in [0.29, 0.717) is 5.39 Å². The zero-order valence-electron chi connectivity index (χ0n) is 12.2. The van der Waals surface area contributed by atoms with Gasteiger partial charge in [0, 0.05) is 5.39 Å². The number of benzene rings is 2. The van der Waals surface area contributed by atoms with Crippen LogP contribution in [0.5, 0.6) is 0 Å². The zero-order chi connectivity index (χ0) is 15.1. The molecule has 0 aromatic heterocycles. The van der Waals surface area contributed by atoms with Gasteiger partial charge in [-0.15, -0.1) is 0 Å². The van der Waals surface area contributed by atoms with E-state index in [1.165, 1.54) is 0 Å². The topological polar surface area (TPSA) is 54.4 Å². The van der Waals surface area contributed by atoms with Crippen LogP contribution >= 0.6 is 0 Å². The van der Waals surface area contributed by atoms with Crippen LogP contribution < -0.4 is 0 Å². The van der Waals surface area contributed by atoms with Crippen LogP contribution in [0.1, 0.15) is 50.7 Å². The third kappa shape index (κ3) is 2.58. The van der Waals surface area contributed by atoms with Crippen LogP contribution in [-0.4, -0.2) is 13.0 Å². The van der Waals surface area contributed by atoms with Crippen molar-refractivity contribution in [2.45, 2.75) is 44.4 Å².